The molecule has 4 rings (SSSR count). The van der Waals surface area contributed by atoms with Crippen molar-refractivity contribution in [3.05, 3.63) is 59.7 Å². The Balaban J connectivity index is 0.881. The third-order valence-corrected chi connectivity index (χ3v) is 14.9. The van der Waals surface area contributed by atoms with Crippen LogP contribution in [0.3, 0.4) is 0 Å². The van der Waals surface area contributed by atoms with Crippen LogP contribution in [-0.2, 0) is 47.0 Å². The third kappa shape index (κ3) is 22.6. The van der Waals surface area contributed by atoms with Crippen LogP contribution in [0.1, 0.15) is 56.6 Å². The van der Waals surface area contributed by atoms with Gasteiger partial charge in [-0.1, -0.05) is 91.7 Å². The standard InChI is InChI=1S/C43H63BN3O14PS4/c1-43(2,66-65-30-55-19-8-9-20-56-40(48)45-16-15-44-27-32-26-38(59-31-64-63-3)39(61-32)29-60-62(51)52)14-21-57-41(49)46-17-22-53-24-25-54-23-18-47-42(50)58-28-37-35-12-6-4-10-33(35)34-11-5-7-13-36(34)37/h4-7,10-13,32,37-39,44,62H,8-9,14,17-31H2,1-3H3,(H,45,48)(H,46,49)(H,47,50)(H,51,52)/t32-,38?,39-/m1/s1. The van der Waals surface area contributed by atoms with E-state index < -0.39 is 32.6 Å². The van der Waals surface area contributed by atoms with E-state index in [4.69, 9.17) is 47.3 Å². The van der Waals surface area contributed by atoms with E-state index in [1.54, 1.807) is 43.2 Å². The van der Waals surface area contributed by atoms with Gasteiger partial charge in [-0.15, -0.1) is 5.82 Å². The van der Waals surface area contributed by atoms with Gasteiger partial charge in [0.2, 0.25) is 7.28 Å². The van der Waals surface area contributed by atoms with Crippen molar-refractivity contribution in [1.82, 2.24) is 16.0 Å². The lowest BCUT2D eigenvalue weighted by Crippen LogP contribution is -2.30. The highest BCUT2D eigenvalue weighted by Crippen LogP contribution is 2.44. The maximum atomic E-state index is 12.3. The number of hydrogen-bond acceptors (Lipinski definition) is 17. The van der Waals surface area contributed by atoms with Gasteiger partial charge in [0, 0.05) is 42.8 Å². The van der Waals surface area contributed by atoms with Crippen LogP contribution in [0.15, 0.2) is 48.5 Å². The minimum Gasteiger partial charge on any atom is -0.450 e. The predicted octanol–water partition coefficient (Wildman–Crippen LogP) is 7.00. The molecular formula is C43H63BN3O14PS4. The van der Waals surface area contributed by atoms with Gasteiger partial charge in [-0.2, -0.15) is 0 Å². The smallest absolute Gasteiger partial charge is 0.418 e. The number of unbranched alkanes of at least 4 members (excludes halogenated alkanes) is 1. The highest BCUT2D eigenvalue weighted by atomic mass is 33.1. The van der Waals surface area contributed by atoms with Crippen molar-refractivity contribution in [3.63, 3.8) is 0 Å². The van der Waals surface area contributed by atoms with E-state index >= 15 is 0 Å². The molecule has 3 amide bonds. The number of nitrogens with one attached hydrogen (secondary N) is 3. The van der Waals surface area contributed by atoms with Gasteiger partial charge in [0.25, 0.3) is 0 Å². The number of carbonyl (C=O) groups is 3. The second-order valence-corrected chi connectivity index (χ2v) is 21.6. The summed E-state index contributed by atoms with van der Waals surface area (Å²) in [5, 5.41) is 7.82. The first-order chi connectivity index (χ1) is 32.1. The third-order valence-electron chi connectivity index (χ3n) is 9.96. The minimum absolute atomic E-state index is 0.00690. The fourth-order valence-corrected chi connectivity index (χ4v) is 10.1. The van der Waals surface area contributed by atoms with Gasteiger partial charge in [0.05, 0.1) is 58.5 Å². The molecule has 1 aliphatic carbocycles. The average molecular weight is 1020 g/mol. The summed E-state index contributed by atoms with van der Waals surface area (Å²) < 4.78 is 60.3. The number of fused-ring (bicyclic) bond motifs is 3. The SMILES string of the molecule is CSSCOC1C[C@H](CBC#CNC(=O)OCCCCOCSSC(C)(C)CCOC(=O)NCCOCCOCCNC(=O)OCC2c3ccccc3-c3ccccc32)O[C@@H]1CO[PH](=O)O. The van der Waals surface area contributed by atoms with Crippen LogP contribution in [-0.4, -0.2) is 144 Å². The highest BCUT2D eigenvalue weighted by Gasteiger charge is 2.36. The van der Waals surface area contributed by atoms with Crippen LogP contribution in [0.5, 0.6) is 0 Å². The number of rotatable bonds is 32. The molecule has 2 aromatic rings. The van der Waals surface area contributed by atoms with Gasteiger partial charge in [0.1, 0.15) is 24.6 Å². The number of alkyl carbamates (subject to hydrolysis) is 3. The quantitative estimate of drug-likeness (QED) is 0.00851. The van der Waals surface area contributed by atoms with Crippen molar-refractivity contribution in [3.8, 4) is 23.0 Å². The zero-order chi connectivity index (χ0) is 47.2. The fraction of sp³-hybridized carbons (Fsp3) is 0.605. The monoisotopic (exact) mass is 1020 g/mol. The van der Waals surface area contributed by atoms with Crippen LogP contribution in [0.2, 0.25) is 6.32 Å². The molecule has 0 radical (unpaired) electrons. The lowest BCUT2D eigenvalue weighted by Gasteiger charge is -2.22. The normalized spacial score (nSPS) is 16.9. The van der Waals surface area contributed by atoms with Crippen molar-refractivity contribution >= 4 is 77.0 Å². The van der Waals surface area contributed by atoms with E-state index in [0.29, 0.717) is 90.9 Å². The van der Waals surface area contributed by atoms with Crippen LogP contribution >= 0.6 is 51.4 Å². The van der Waals surface area contributed by atoms with Crippen molar-refractivity contribution in [1.29, 1.82) is 0 Å². The molecule has 2 aliphatic rings. The van der Waals surface area contributed by atoms with E-state index in [1.165, 1.54) is 11.1 Å². The molecule has 0 aromatic heterocycles. The summed E-state index contributed by atoms with van der Waals surface area (Å²) in [6.45, 7) is 7.35. The Morgan fingerprint density at radius 3 is 2.15 bits per heavy atom. The van der Waals surface area contributed by atoms with Crippen molar-refractivity contribution in [2.75, 3.05) is 90.7 Å². The molecule has 0 saturated carbocycles. The lowest BCUT2D eigenvalue weighted by molar-refractivity contribution is -0.0282. The molecule has 4 atom stereocenters. The Morgan fingerprint density at radius 1 is 0.818 bits per heavy atom. The Bertz CT molecular complexity index is 1800. The van der Waals surface area contributed by atoms with Gasteiger partial charge in [-0.25, -0.2) is 14.4 Å². The summed E-state index contributed by atoms with van der Waals surface area (Å²) in [4.78, 5) is 45.4. The van der Waals surface area contributed by atoms with Gasteiger partial charge >= 0.3 is 26.5 Å². The van der Waals surface area contributed by atoms with Crippen molar-refractivity contribution in [2.45, 2.75) is 74.8 Å². The molecule has 23 heteroatoms. The van der Waals surface area contributed by atoms with Gasteiger partial charge in [0.15, 0.2) is 0 Å². The first-order valence-electron chi connectivity index (χ1n) is 21.8. The molecule has 1 aliphatic heterocycles. The summed E-state index contributed by atoms with van der Waals surface area (Å²) >= 11 is 0. The maximum Gasteiger partial charge on any atom is 0.418 e. The molecule has 17 nitrogen and oxygen atoms in total. The van der Waals surface area contributed by atoms with E-state index in [2.05, 4.69) is 65.9 Å². The van der Waals surface area contributed by atoms with Crippen LogP contribution in [0.4, 0.5) is 14.4 Å². The number of carbonyl (C=O) groups excluding carboxylic acids is 3. The number of benzene rings is 2. The van der Waals surface area contributed by atoms with Crippen molar-refractivity contribution in [2.24, 2.45) is 0 Å². The van der Waals surface area contributed by atoms with E-state index in [-0.39, 0.29) is 49.3 Å². The van der Waals surface area contributed by atoms with Crippen molar-refractivity contribution < 1.29 is 66.3 Å². The summed E-state index contributed by atoms with van der Waals surface area (Å²) in [6.07, 6.45) is 2.82. The predicted molar refractivity (Wildman–Crippen MR) is 264 cm³/mol. The van der Waals surface area contributed by atoms with E-state index in [1.807, 2.05) is 30.5 Å². The molecule has 2 aromatic carbocycles. The Kier molecular flexibility index (Phi) is 27.8. The van der Waals surface area contributed by atoms with Gasteiger partial charge < -0.3 is 57.9 Å². The number of hydrogen-bond donors (Lipinski definition) is 4. The Labute approximate surface area is 405 Å². The molecular weight excluding hydrogens is 953 g/mol. The first kappa shape index (κ1) is 55.8. The van der Waals surface area contributed by atoms with E-state index in [9.17, 15) is 18.9 Å². The molecule has 0 spiro atoms. The highest BCUT2D eigenvalue weighted by molar-refractivity contribution is 8.77. The van der Waals surface area contributed by atoms with Crippen LogP contribution in [0, 0.1) is 11.9 Å². The molecule has 2 unspecified atom stereocenters. The minimum atomic E-state index is -3.05. The first-order valence-corrected chi connectivity index (χ1v) is 28.1. The zero-order valence-corrected chi connectivity index (χ0v) is 42.0. The van der Waals surface area contributed by atoms with Gasteiger partial charge in [-0.3, -0.25) is 9.88 Å². The molecule has 0 bridgehead atoms. The largest absolute Gasteiger partial charge is 0.450 e. The molecule has 4 N–H and O–H groups in total. The summed E-state index contributed by atoms with van der Waals surface area (Å²) in [5.41, 5.74) is 4.69. The summed E-state index contributed by atoms with van der Waals surface area (Å²) in [6, 6.07) is 19.0. The second kappa shape index (κ2) is 32.9. The molecule has 1 saturated heterocycles. The molecule has 1 heterocycles. The molecule has 66 heavy (non-hydrogen) atoms. The zero-order valence-electron chi connectivity index (χ0n) is 37.8. The Morgan fingerprint density at radius 2 is 1.47 bits per heavy atom. The second-order valence-electron chi connectivity index (χ2n) is 15.3. The van der Waals surface area contributed by atoms with Crippen LogP contribution < -0.4 is 16.0 Å². The molecule has 366 valence electrons. The lowest BCUT2D eigenvalue weighted by atomic mass is 9.73. The summed E-state index contributed by atoms with van der Waals surface area (Å²) in [7, 11) is 3.81. The van der Waals surface area contributed by atoms with Crippen LogP contribution in [0.25, 0.3) is 11.1 Å². The summed E-state index contributed by atoms with van der Waals surface area (Å²) in [5.74, 6) is 3.86. The average Bonchev–Trinajstić information content (AvgIpc) is 3.85. The number of amides is 3. The Hall–Kier alpha value is -2.78. The number of ether oxygens (including phenoxy) is 8. The fourth-order valence-electron chi connectivity index (χ4n) is 6.70. The maximum absolute atomic E-state index is 12.3. The molecule has 1 fully saturated rings. The van der Waals surface area contributed by atoms with E-state index in [0.717, 1.165) is 17.5 Å². The topological polar surface area (TPSA) is 208 Å². The van der Waals surface area contributed by atoms with Gasteiger partial charge in [-0.05, 0) is 67.9 Å².